The minimum Gasteiger partial charge on any atom is -0.497 e. The van der Waals surface area contributed by atoms with Crippen LogP contribution in [0.2, 0.25) is 0 Å². The first kappa shape index (κ1) is 25.6. The Labute approximate surface area is 199 Å². The van der Waals surface area contributed by atoms with Gasteiger partial charge < -0.3 is 10.1 Å². The third kappa shape index (κ3) is 6.97. The molecule has 34 heavy (non-hydrogen) atoms. The largest absolute Gasteiger partial charge is 0.497 e. The van der Waals surface area contributed by atoms with Crippen LogP contribution >= 0.6 is 11.8 Å². The second kappa shape index (κ2) is 10.9. The molecule has 0 saturated heterocycles. The van der Waals surface area contributed by atoms with Gasteiger partial charge >= 0.3 is 6.18 Å². The number of methoxy groups -OCH3 is 1. The van der Waals surface area contributed by atoms with Gasteiger partial charge in [-0.15, -0.1) is 11.8 Å². The molecule has 1 aromatic heterocycles. The van der Waals surface area contributed by atoms with E-state index in [1.54, 1.807) is 36.4 Å². The van der Waals surface area contributed by atoms with Gasteiger partial charge in [0.1, 0.15) is 10.8 Å². The van der Waals surface area contributed by atoms with E-state index in [-0.39, 0.29) is 18.1 Å². The number of benzene rings is 2. The lowest BCUT2D eigenvalue weighted by molar-refractivity contribution is -0.137. The number of carbonyl (C=O) groups is 1. The number of carbonyl (C=O) groups excluding carboxylic acids is 1. The highest BCUT2D eigenvalue weighted by molar-refractivity contribution is 8.00. The lowest BCUT2D eigenvalue weighted by atomic mass is 10.1. The zero-order valence-corrected chi connectivity index (χ0v) is 19.6. The Morgan fingerprint density at radius 3 is 2.59 bits per heavy atom. The van der Waals surface area contributed by atoms with Crippen molar-refractivity contribution in [2.24, 2.45) is 0 Å². The summed E-state index contributed by atoms with van der Waals surface area (Å²) in [6.07, 6.45) is -3.03. The highest BCUT2D eigenvalue weighted by Crippen LogP contribution is 2.31. The molecule has 0 aliphatic carbocycles. The lowest BCUT2D eigenvalue weighted by Gasteiger charge is -2.11. The zero-order chi connectivity index (χ0) is 24.8. The Kier molecular flexibility index (Phi) is 8.21. The van der Waals surface area contributed by atoms with Crippen LogP contribution in [0.25, 0.3) is 0 Å². The molecule has 0 aliphatic heterocycles. The number of sulfone groups is 1. The van der Waals surface area contributed by atoms with Crippen LogP contribution in [0.5, 0.6) is 5.75 Å². The molecule has 3 rings (SSSR count). The van der Waals surface area contributed by atoms with E-state index in [2.05, 4.69) is 10.3 Å². The van der Waals surface area contributed by atoms with Gasteiger partial charge in [-0.05, 0) is 48.0 Å². The molecule has 0 saturated carbocycles. The number of thioether (sulfide) groups is 1. The molecule has 1 N–H and O–H groups in total. The number of alkyl halides is 3. The number of amides is 1. The van der Waals surface area contributed by atoms with Gasteiger partial charge in [0.05, 0.1) is 35.4 Å². The summed E-state index contributed by atoms with van der Waals surface area (Å²) >= 11 is 1.09. The molecule has 0 unspecified atom stereocenters. The summed E-state index contributed by atoms with van der Waals surface area (Å²) in [5, 5.41) is 3.17. The highest BCUT2D eigenvalue weighted by atomic mass is 32.2. The first-order chi connectivity index (χ1) is 16.1. The number of nitrogens with zero attached hydrogens (tertiary/aromatic N) is 1. The fraction of sp³-hybridized carbons (Fsp3) is 0.217. The van der Waals surface area contributed by atoms with E-state index in [1.165, 1.54) is 13.3 Å². The van der Waals surface area contributed by atoms with Gasteiger partial charge in [0, 0.05) is 11.9 Å². The third-order valence-electron chi connectivity index (χ3n) is 4.66. The van der Waals surface area contributed by atoms with E-state index < -0.39 is 32.2 Å². The van der Waals surface area contributed by atoms with Gasteiger partial charge in [-0.1, -0.05) is 18.2 Å². The van der Waals surface area contributed by atoms with Gasteiger partial charge in [-0.3, -0.25) is 4.79 Å². The lowest BCUT2D eigenvalue weighted by Crippen LogP contribution is -2.15. The molecule has 0 atom stereocenters. The number of anilines is 1. The number of hydrogen-bond donors (Lipinski definition) is 1. The van der Waals surface area contributed by atoms with Crippen LogP contribution in [0.15, 0.2) is 76.8 Å². The van der Waals surface area contributed by atoms with E-state index in [1.807, 2.05) is 0 Å². The molecule has 180 valence electrons. The number of hydrogen-bond acceptors (Lipinski definition) is 6. The first-order valence-corrected chi connectivity index (χ1v) is 12.6. The normalized spacial score (nSPS) is 11.8. The van der Waals surface area contributed by atoms with Gasteiger partial charge in [0.2, 0.25) is 5.91 Å². The molecule has 1 amide bonds. The van der Waals surface area contributed by atoms with Gasteiger partial charge in [0.15, 0.2) is 9.84 Å². The van der Waals surface area contributed by atoms with Crippen LogP contribution in [-0.4, -0.2) is 37.9 Å². The Balaban J connectivity index is 1.63. The topological polar surface area (TPSA) is 85.4 Å². The molecule has 0 fully saturated rings. The Morgan fingerprint density at radius 1 is 1.09 bits per heavy atom. The summed E-state index contributed by atoms with van der Waals surface area (Å²) in [6.45, 7) is 0. The standard InChI is InChI=1S/C23H21F3N2O4S2/c1-32-18-7-2-5-16(13-18)14-21(29)28-20-9-4-10-27-22(20)33-11-12-34(30,31)19-8-3-6-17(15-19)23(24,25)26/h2-10,13,15H,11-12,14H2,1H3,(H,28,29). The third-order valence-corrected chi connectivity index (χ3v) is 7.63. The molecule has 1 heterocycles. The van der Waals surface area contributed by atoms with Gasteiger partial charge in [0.25, 0.3) is 0 Å². The minimum absolute atomic E-state index is 0.0361. The summed E-state index contributed by atoms with van der Waals surface area (Å²) in [6, 6.07) is 14.0. The monoisotopic (exact) mass is 510 g/mol. The molecule has 0 aliphatic rings. The van der Waals surface area contributed by atoms with Crippen molar-refractivity contribution in [2.75, 3.05) is 23.9 Å². The molecular weight excluding hydrogens is 489 g/mol. The quantitative estimate of drug-likeness (QED) is 0.414. The summed E-state index contributed by atoms with van der Waals surface area (Å²) in [4.78, 5) is 16.3. The van der Waals surface area contributed by atoms with Gasteiger partial charge in [-0.2, -0.15) is 13.2 Å². The summed E-state index contributed by atoms with van der Waals surface area (Å²) in [5.74, 6) is -0.0224. The SMILES string of the molecule is COc1cccc(CC(=O)Nc2cccnc2SCCS(=O)(=O)c2cccc(C(F)(F)F)c2)c1. The summed E-state index contributed by atoms with van der Waals surface area (Å²) in [5.41, 5.74) is 0.144. The van der Waals surface area contributed by atoms with Crippen molar-refractivity contribution in [3.63, 3.8) is 0 Å². The molecule has 11 heteroatoms. The molecule has 6 nitrogen and oxygen atoms in total. The van der Waals surface area contributed by atoms with Crippen LogP contribution < -0.4 is 10.1 Å². The van der Waals surface area contributed by atoms with Crippen LogP contribution in [0.1, 0.15) is 11.1 Å². The first-order valence-electron chi connectivity index (χ1n) is 9.99. The number of rotatable bonds is 9. The van der Waals surface area contributed by atoms with Crippen molar-refractivity contribution in [2.45, 2.75) is 22.5 Å². The van der Waals surface area contributed by atoms with E-state index in [0.29, 0.717) is 22.5 Å². The Hall–Kier alpha value is -3.05. The molecule has 0 spiro atoms. The predicted molar refractivity (Wildman–Crippen MR) is 124 cm³/mol. The smallest absolute Gasteiger partial charge is 0.416 e. The van der Waals surface area contributed by atoms with Crippen molar-refractivity contribution in [3.8, 4) is 5.75 Å². The fourth-order valence-corrected chi connectivity index (χ4v) is 5.64. The Bertz CT molecular complexity index is 1260. The van der Waals surface area contributed by atoms with E-state index in [4.69, 9.17) is 4.74 Å². The van der Waals surface area contributed by atoms with Crippen molar-refractivity contribution < 1.29 is 31.1 Å². The maximum atomic E-state index is 12.9. The maximum Gasteiger partial charge on any atom is 0.416 e. The van der Waals surface area contributed by atoms with E-state index in [0.717, 1.165) is 35.5 Å². The number of pyridine rings is 1. The predicted octanol–water partition coefficient (Wildman–Crippen LogP) is 4.86. The van der Waals surface area contributed by atoms with Crippen molar-refractivity contribution >= 4 is 33.2 Å². The zero-order valence-electron chi connectivity index (χ0n) is 18.0. The van der Waals surface area contributed by atoms with E-state index in [9.17, 15) is 26.4 Å². The van der Waals surface area contributed by atoms with Gasteiger partial charge in [-0.25, -0.2) is 13.4 Å². The molecule has 2 aromatic carbocycles. The van der Waals surface area contributed by atoms with Crippen LogP contribution in [0.4, 0.5) is 18.9 Å². The van der Waals surface area contributed by atoms with Crippen LogP contribution in [-0.2, 0) is 27.2 Å². The molecule has 0 radical (unpaired) electrons. The summed E-state index contributed by atoms with van der Waals surface area (Å²) < 4.78 is 68.9. The maximum absolute atomic E-state index is 12.9. The second-order valence-corrected chi connectivity index (χ2v) is 10.3. The minimum atomic E-state index is -4.63. The van der Waals surface area contributed by atoms with Crippen molar-refractivity contribution in [1.29, 1.82) is 0 Å². The molecular formula is C23H21F3N2O4S2. The number of ether oxygens (including phenoxy) is 1. The van der Waals surface area contributed by atoms with Crippen LogP contribution in [0.3, 0.4) is 0 Å². The highest BCUT2D eigenvalue weighted by Gasteiger charge is 2.31. The number of nitrogens with one attached hydrogen (secondary N) is 1. The molecule has 3 aromatic rings. The molecule has 0 bridgehead atoms. The van der Waals surface area contributed by atoms with E-state index >= 15 is 0 Å². The second-order valence-electron chi connectivity index (χ2n) is 7.13. The Morgan fingerprint density at radius 2 is 1.85 bits per heavy atom. The van der Waals surface area contributed by atoms with Crippen molar-refractivity contribution in [3.05, 3.63) is 78.0 Å². The number of halogens is 3. The summed E-state index contributed by atoms with van der Waals surface area (Å²) in [7, 11) is -2.41. The van der Waals surface area contributed by atoms with Crippen molar-refractivity contribution in [1.82, 2.24) is 4.98 Å². The average molecular weight is 511 g/mol. The van der Waals surface area contributed by atoms with Crippen LogP contribution in [0, 0.1) is 0 Å². The average Bonchev–Trinajstić information content (AvgIpc) is 2.79. The number of aromatic nitrogens is 1. The fourth-order valence-electron chi connectivity index (χ4n) is 2.99.